The average Bonchev–Trinajstić information content (AvgIpc) is 3.51. The Morgan fingerprint density at radius 1 is 1.15 bits per heavy atom. The first-order chi connectivity index (χ1) is 15.7. The Kier molecular flexibility index (Phi) is 9.54. The molecule has 1 aromatic carbocycles. The monoisotopic (exact) mass is 521 g/mol. The van der Waals surface area contributed by atoms with Gasteiger partial charge in [0.2, 0.25) is 5.95 Å². The number of likely N-dealkylation sites (tertiary alicyclic amines) is 1. The zero-order chi connectivity index (χ0) is 21.9. The van der Waals surface area contributed by atoms with Crippen LogP contribution in [0, 0.1) is 5.92 Å². The Balaban J connectivity index is 0.00000162. The molecule has 34 heavy (non-hydrogen) atoms. The molecule has 1 saturated carbocycles. The minimum atomic E-state index is 0. The maximum Gasteiger partial charge on any atom is 0.252 e. The summed E-state index contributed by atoms with van der Waals surface area (Å²) in [7, 11) is 2.21. The largest absolute Gasteiger partial charge is 0.354 e. The molecule has 5 rings (SSSR count). The van der Waals surface area contributed by atoms with Gasteiger partial charge in [0.05, 0.1) is 10.6 Å². The van der Waals surface area contributed by atoms with Crippen LogP contribution in [0.3, 0.4) is 0 Å². The van der Waals surface area contributed by atoms with E-state index in [0.717, 1.165) is 57.9 Å². The van der Waals surface area contributed by atoms with Crippen molar-refractivity contribution in [1.82, 2.24) is 20.2 Å². The zero-order valence-corrected chi connectivity index (χ0v) is 21.9. The average molecular weight is 523 g/mol. The van der Waals surface area contributed by atoms with Crippen molar-refractivity contribution in [3.63, 3.8) is 0 Å². The minimum Gasteiger partial charge on any atom is -0.354 e. The number of nitrogens with zero attached hydrogens (tertiary/aromatic N) is 3. The topological polar surface area (TPSA) is 70.2 Å². The lowest BCUT2D eigenvalue weighted by Crippen LogP contribution is -2.30. The van der Waals surface area contributed by atoms with Crippen LogP contribution in [0.5, 0.6) is 0 Å². The maximum atomic E-state index is 12.6. The van der Waals surface area contributed by atoms with E-state index in [0.29, 0.717) is 12.0 Å². The van der Waals surface area contributed by atoms with E-state index in [4.69, 9.17) is 4.98 Å². The van der Waals surface area contributed by atoms with E-state index >= 15 is 0 Å². The van der Waals surface area contributed by atoms with Crippen molar-refractivity contribution in [1.29, 1.82) is 0 Å². The van der Waals surface area contributed by atoms with E-state index in [-0.39, 0.29) is 30.7 Å². The van der Waals surface area contributed by atoms with Gasteiger partial charge in [-0.2, -0.15) is 0 Å². The third kappa shape index (κ3) is 6.60. The number of carbonyl (C=O) groups is 1. The summed E-state index contributed by atoms with van der Waals surface area (Å²) in [5.74, 6) is 1.55. The molecule has 9 heteroatoms. The first kappa shape index (κ1) is 26.7. The molecule has 2 aromatic heterocycles. The van der Waals surface area contributed by atoms with E-state index < -0.39 is 0 Å². The number of aromatic nitrogens is 2. The van der Waals surface area contributed by atoms with E-state index in [1.807, 2.05) is 24.4 Å². The van der Waals surface area contributed by atoms with Gasteiger partial charge in [-0.3, -0.25) is 4.79 Å². The van der Waals surface area contributed by atoms with Crippen molar-refractivity contribution in [2.75, 3.05) is 32.0 Å². The molecule has 1 saturated heterocycles. The molecule has 2 aliphatic rings. The number of fused-ring (bicyclic) bond motifs is 1. The molecule has 0 radical (unpaired) electrons. The number of amides is 1. The predicted molar refractivity (Wildman–Crippen MR) is 146 cm³/mol. The van der Waals surface area contributed by atoms with Crippen LogP contribution in [0.2, 0.25) is 0 Å². The first-order valence-electron chi connectivity index (χ1n) is 11.7. The number of carbonyl (C=O) groups excluding carboxylic acids is 1. The van der Waals surface area contributed by atoms with Crippen LogP contribution < -0.4 is 10.6 Å². The van der Waals surface area contributed by atoms with Crippen molar-refractivity contribution < 1.29 is 4.79 Å². The first-order valence-corrected chi connectivity index (χ1v) is 12.6. The highest BCUT2D eigenvalue weighted by molar-refractivity contribution is 7.22. The second-order valence-electron chi connectivity index (χ2n) is 9.16. The molecule has 0 bridgehead atoms. The summed E-state index contributed by atoms with van der Waals surface area (Å²) in [4.78, 5) is 25.3. The molecule has 3 aromatic rings. The summed E-state index contributed by atoms with van der Waals surface area (Å²) < 4.78 is 1.11. The number of rotatable bonds is 8. The highest BCUT2D eigenvalue weighted by Crippen LogP contribution is 2.35. The van der Waals surface area contributed by atoms with Crippen molar-refractivity contribution in [2.45, 2.75) is 44.6 Å². The molecule has 0 atom stereocenters. The standard InChI is InChI=1S/C25H31N5OS.2ClH/c1-30-14-10-17(11-15-30)4-3-12-26-25-27-13-9-21(29-25)23-16-20-19(5-2-6-22(20)32-23)24(31)28-18-7-8-18;;/h2,5-6,9,13,16-18H,3-4,7-8,10-12,14-15H2,1H3,(H,28,31)(H,26,27,29);2*1H. The van der Waals surface area contributed by atoms with Crippen molar-refractivity contribution in [3.8, 4) is 10.6 Å². The van der Waals surface area contributed by atoms with Crippen LogP contribution in [0.1, 0.15) is 48.9 Å². The van der Waals surface area contributed by atoms with Crippen LogP contribution in [-0.2, 0) is 0 Å². The molecule has 1 aliphatic heterocycles. The molecule has 1 aliphatic carbocycles. The summed E-state index contributed by atoms with van der Waals surface area (Å²) in [5.41, 5.74) is 1.64. The lowest BCUT2D eigenvalue weighted by atomic mass is 9.92. The third-order valence-electron chi connectivity index (χ3n) is 6.54. The lowest BCUT2D eigenvalue weighted by molar-refractivity contribution is 0.0953. The SMILES string of the molecule is CN1CCC(CCCNc2nccc(-c3cc4c(C(=O)NC5CC5)cccc4s3)n2)CC1.Cl.Cl. The predicted octanol–water partition coefficient (Wildman–Crippen LogP) is 5.63. The van der Waals surface area contributed by atoms with Crippen LogP contribution in [0.15, 0.2) is 36.5 Å². The van der Waals surface area contributed by atoms with Crippen LogP contribution in [0.25, 0.3) is 20.7 Å². The summed E-state index contributed by atoms with van der Waals surface area (Å²) >= 11 is 1.67. The molecule has 2 fully saturated rings. The van der Waals surface area contributed by atoms with Crippen molar-refractivity contribution >= 4 is 58.1 Å². The fourth-order valence-corrected chi connectivity index (χ4v) is 5.46. The Hall–Kier alpha value is -1.93. The van der Waals surface area contributed by atoms with Gasteiger partial charge in [0.1, 0.15) is 0 Å². The van der Waals surface area contributed by atoms with Crippen LogP contribution in [-0.4, -0.2) is 53.5 Å². The van der Waals surface area contributed by atoms with E-state index in [9.17, 15) is 4.79 Å². The summed E-state index contributed by atoms with van der Waals surface area (Å²) in [6.07, 6.45) is 9.03. The van der Waals surface area contributed by atoms with Gasteiger partial charge in [0.25, 0.3) is 5.91 Å². The van der Waals surface area contributed by atoms with Gasteiger partial charge >= 0.3 is 0 Å². The Bertz CT molecular complexity index is 1100. The van der Waals surface area contributed by atoms with Gasteiger partial charge < -0.3 is 15.5 Å². The van der Waals surface area contributed by atoms with Gasteiger partial charge in [0, 0.05) is 34.4 Å². The summed E-state index contributed by atoms with van der Waals surface area (Å²) in [6.45, 7) is 3.35. The fourth-order valence-electron chi connectivity index (χ4n) is 4.40. The molecule has 184 valence electrons. The molecule has 2 N–H and O–H groups in total. The van der Waals surface area contributed by atoms with Crippen molar-refractivity contribution in [2.24, 2.45) is 5.92 Å². The molecular formula is C25H33Cl2N5OS. The van der Waals surface area contributed by atoms with E-state index in [2.05, 4.69) is 39.7 Å². The zero-order valence-electron chi connectivity index (χ0n) is 19.5. The summed E-state index contributed by atoms with van der Waals surface area (Å²) in [5, 5.41) is 7.50. The lowest BCUT2D eigenvalue weighted by Gasteiger charge is -2.28. The van der Waals surface area contributed by atoms with Gasteiger partial charge in [-0.15, -0.1) is 36.2 Å². The molecule has 3 heterocycles. The molecule has 1 amide bonds. The number of piperidine rings is 1. The Morgan fingerprint density at radius 3 is 2.71 bits per heavy atom. The number of hydrogen-bond acceptors (Lipinski definition) is 6. The quantitative estimate of drug-likeness (QED) is 0.376. The minimum absolute atomic E-state index is 0. The van der Waals surface area contributed by atoms with Gasteiger partial charge in [-0.05, 0) is 88.8 Å². The fraction of sp³-hybridized carbons (Fsp3) is 0.480. The third-order valence-corrected chi connectivity index (χ3v) is 7.66. The van der Waals surface area contributed by atoms with Gasteiger partial charge in [-0.1, -0.05) is 6.07 Å². The molecule has 6 nitrogen and oxygen atoms in total. The normalized spacial score (nSPS) is 16.5. The Labute approximate surface area is 217 Å². The molecule has 0 unspecified atom stereocenters. The number of benzene rings is 1. The number of nitrogens with one attached hydrogen (secondary N) is 2. The van der Waals surface area contributed by atoms with Crippen molar-refractivity contribution in [3.05, 3.63) is 42.1 Å². The highest BCUT2D eigenvalue weighted by Gasteiger charge is 2.25. The second-order valence-corrected chi connectivity index (χ2v) is 10.2. The number of anilines is 1. The highest BCUT2D eigenvalue weighted by atomic mass is 35.5. The number of hydrogen-bond donors (Lipinski definition) is 2. The molecular weight excluding hydrogens is 489 g/mol. The van der Waals surface area contributed by atoms with E-state index in [1.54, 1.807) is 11.3 Å². The van der Waals surface area contributed by atoms with E-state index in [1.165, 1.54) is 32.4 Å². The van der Waals surface area contributed by atoms with Crippen LogP contribution >= 0.6 is 36.2 Å². The maximum absolute atomic E-state index is 12.6. The second kappa shape index (κ2) is 12.2. The van der Waals surface area contributed by atoms with Crippen LogP contribution in [0.4, 0.5) is 5.95 Å². The number of thiophene rings is 1. The molecule has 0 spiro atoms. The number of halogens is 2. The smallest absolute Gasteiger partial charge is 0.252 e. The Morgan fingerprint density at radius 2 is 1.94 bits per heavy atom. The van der Waals surface area contributed by atoms with Gasteiger partial charge in [0.15, 0.2) is 0 Å². The van der Waals surface area contributed by atoms with Gasteiger partial charge in [-0.25, -0.2) is 9.97 Å². The summed E-state index contributed by atoms with van der Waals surface area (Å²) in [6, 6.07) is 10.3.